The fourth-order valence-corrected chi connectivity index (χ4v) is 18.9. The minimum Gasteiger partial charge on any atom is -0.476 e. The van der Waals surface area contributed by atoms with Gasteiger partial charge >= 0.3 is 11.9 Å². The summed E-state index contributed by atoms with van der Waals surface area (Å²) in [6.07, 6.45) is 28.5. The van der Waals surface area contributed by atoms with Crippen LogP contribution in [0.15, 0.2) is 58.1 Å². The molecular formula is C56H71ClN6O6. The molecule has 0 spiro atoms. The van der Waals surface area contributed by atoms with Crippen LogP contribution in [0.4, 0.5) is 0 Å². The Morgan fingerprint density at radius 3 is 1.26 bits per heavy atom. The molecule has 2 aromatic heterocycles. The van der Waals surface area contributed by atoms with E-state index in [9.17, 15) is 24.3 Å². The summed E-state index contributed by atoms with van der Waals surface area (Å²) >= 11 is 0. The number of hydrogen-bond donors (Lipinski definition) is 1. The van der Waals surface area contributed by atoms with Crippen LogP contribution in [0.25, 0.3) is 22.1 Å². The van der Waals surface area contributed by atoms with Gasteiger partial charge in [0.25, 0.3) is 11.1 Å². The number of para-hydroxylation sites is 4. The van der Waals surface area contributed by atoms with Gasteiger partial charge in [-0.15, -0.1) is 12.4 Å². The molecule has 0 radical (unpaired) electrons. The second kappa shape index (κ2) is 17.6. The molecular weight excluding hydrogens is 888 g/mol. The number of piperidine rings is 4. The number of rotatable bonds is 7. The average molecular weight is 960 g/mol. The number of carboxylic acids is 1. The van der Waals surface area contributed by atoms with Crippen LogP contribution in [0.5, 0.6) is 0 Å². The SMILES string of the molecule is CCOC(=O)c1nc2ccccc2n(C2C[C@H]3CCC[C@@H](C2)N3C23CC4CC(CC(C4)C2)C3)c1=O.Cl.O=C(O)c1nc2ccccc2n(C2C[C@H]3CCC[C@@H](C2)N3C23CC4CC(CC(C4)C2)C3)c1=O. The zero-order chi connectivity index (χ0) is 46.1. The van der Waals surface area contributed by atoms with Gasteiger partial charge in [0.2, 0.25) is 11.4 Å². The van der Waals surface area contributed by atoms with Gasteiger partial charge in [0.15, 0.2) is 0 Å². The fourth-order valence-electron chi connectivity index (χ4n) is 18.9. The van der Waals surface area contributed by atoms with Crippen LogP contribution in [-0.2, 0) is 4.74 Å². The Labute approximate surface area is 411 Å². The van der Waals surface area contributed by atoms with Crippen molar-refractivity contribution in [3.63, 3.8) is 0 Å². The highest BCUT2D eigenvalue weighted by molar-refractivity contribution is 5.90. The normalized spacial score (nSPS) is 38.3. The molecule has 2 unspecified atom stereocenters. The smallest absolute Gasteiger partial charge is 0.362 e. The predicted octanol–water partition coefficient (Wildman–Crippen LogP) is 10.1. The molecule has 16 rings (SSSR count). The second-order valence-corrected chi connectivity index (χ2v) is 24.1. The van der Waals surface area contributed by atoms with Crippen molar-refractivity contribution in [2.75, 3.05) is 6.61 Å². The average Bonchev–Trinajstić information content (AvgIpc) is 3.30. The zero-order valence-electron chi connectivity index (χ0n) is 40.4. The quantitative estimate of drug-likeness (QED) is 0.178. The number of esters is 1. The number of carbonyl (C=O) groups excluding carboxylic acids is 1. The second-order valence-electron chi connectivity index (χ2n) is 24.1. The molecule has 8 saturated carbocycles. The van der Waals surface area contributed by atoms with Crippen LogP contribution in [0.2, 0.25) is 0 Å². The zero-order valence-corrected chi connectivity index (χ0v) is 41.2. The Bertz CT molecular complexity index is 2690. The molecule has 4 aliphatic heterocycles. The first-order chi connectivity index (χ1) is 33.0. The molecule has 2 aromatic carbocycles. The molecule has 0 amide bonds. The summed E-state index contributed by atoms with van der Waals surface area (Å²) < 4.78 is 8.92. The van der Waals surface area contributed by atoms with Crippen LogP contribution in [0.1, 0.15) is 181 Å². The lowest BCUT2D eigenvalue weighted by atomic mass is 9.51. The van der Waals surface area contributed by atoms with Crippen molar-refractivity contribution in [3.8, 4) is 0 Å². The molecule has 1 N–H and O–H groups in total. The minimum absolute atomic E-state index is 0. The molecule has 12 aliphatic rings. The maximum atomic E-state index is 13.7. The Morgan fingerprint density at radius 1 is 0.551 bits per heavy atom. The Hall–Kier alpha value is -4.13. The van der Waals surface area contributed by atoms with E-state index in [4.69, 9.17) is 4.74 Å². The highest BCUT2D eigenvalue weighted by atomic mass is 35.5. The first kappa shape index (κ1) is 46.0. The molecule has 12 bridgehead atoms. The third kappa shape index (κ3) is 7.64. The van der Waals surface area contributed by atoms with E-state index < -0.39 is 17.5 Å². The molecule has 6 atom stereocenters. The summed E-state index contributed by atoms with van der Waals surface area (Å²) in [5, 5.41) is 9.66. The molecule has 6 heterocycles. The van der Waals surface area contributed by atoms with Crippen molar-refractivity contribution >= 4 is 46.4 Å². The van der Waals surface area contributed by atoms with E-state index in [0.717, 1.165) is 72.2 Å². The largest absolute Gasteiger partial charge is 0.476 e. The summed E-state index contributed by atoms with van der Waals surface area (Å²) in [5.74, 6) is 3.78. The lowest BCUT2D eigenvalue weighted by molar-refractivity contribution is -0.150. The Morgan fingerprint density at radius 2 is 0.899 bits per heavy atom. The van der Waals surface area contributed by atoms with Gasteiger partial charge in [0, 0.05) is 47.3 Å². The Kier molecular flexibility index (Phi) is 11.7. The van der Waals surface area contributed by atoms with E-state index in [1.54, 1.807) is 11.5 Å². The van der Waals surface area contributed by atoms with Gasteiger partial charge in [0.05, 0.1) is 28.7 Å². The predicted molar refractivity (Wildman–Crippen MR) is 267 cm³/mol. The molecule has 12 nitrogen and oxygen atoms in total. The summed E-state index contributed by atoms with van der Waals surface area (Å²) in [6, 6.07) is 17.5. The first-order valence-corrected chi connectivity index (χ1v) is 27.0. The van der Waals surface area contributed by atoms with E-state index in [1.807, 2.05) is 53.1 Å². The number of carboxylic acid groups (broad SMARTS) is 1. The van der Waals surface area contributed by atoms with Gasteiger partial charge in [0.1, 0.15) is 0 Å². The minimum atomic E-state index is -1.23. The van der Waals surface area contributed by atoms with Crippen molar-refractivity contribution in [1.29, 1.82) is 0 Å². The highest BCUT2D eigenvalue weighted by Crippen LogP contribution is 2.62. The molecule has 13 heteroatoms. The number of aromatic carboxylic acids is 1. The lowest BCUT2D eigenvalue weighted by Gasteiger charge is -2.66. The number of fused-ring (bicyclic) bond motifs is 6. The van der Waals surface area contributed by atoms with Crippen LogP contribution in [-0.4, -0.2) is 87.8 Å². The third-order valence-electron chi connectivity index (χ3n) is 20.0. The maximum absolute atomic E-state index is 13.7. The number of ether oxygens (including phenoxy) is 1. The van der Waals surface area contributed by atoms with E-state index in [2.05, 4.69) is 19.8 Å². The van der Waals surface area contributed by atoms with Crippen LogP contribution in [0, 0.1) is 35.5 Å². The van der Waals surface area contributed by atoms with E-state index in [-0.39, 0.29) is 48.0 Å². The number of halogens is 1. The summed E-state index contributed by atoms with van der Waals surface area (Å²) in [5.41, 5.74) is 2.59. The summed E-state index contributed by atoms with van der Waals surface area (Å²) in [6.45, 7) is 2.00. The summed E-state index contributed by atoms with van der Waals surface area (Å²) in [7, 11) is 0. The van der Waals surface area contributed by atoms with E-state index in [1.165, 1.54) is 116 Å². The highest BCUT2D eigenvalue weighted by Gasteiger charge is 2.59. The number of hydrogen-bond acceptors (Lipinski definition) is 9. The monoisotopic (exact) mass is 959 g/mol. The third-order valence-corrected chi connectivity index (χ3v) is 20.0. The molecule has 4 saturated heterocycles. The van der Waals surface area contributed by atoms with Crippen molar-refractivity contribution in [3.05, 3.63) is 80.6 Å². The van der Waals surface area contributed by atoms with Crippen LogP contribution in [0.3, 0.4) is 0 Å². The number of benzene rings is 2. The molecule has 4 aromatic rings. The van der Waals surface area contributed by atoms with Crippen molar-refractivity contribution in [1.82, 2.24) is 28.9 Å². The van der Waals surface area contributed by atoms with Crippen molar-refractivity contribution in [2.45, 2.75) is 196 Å². The summed E-state index contributed by atoms with van der Waals surface area (Å²) in [4.78, 5) is 66.2. The molecule has 69 heavy (non-hydrogen) atoms. The standard InChI is InChI=1S/C29H37N3O3.C27H33N3O3.ClH/c1-2-35-28(34)26-27(33)31(25-9-4-3-8-24(25)30-26)23-13-21-6-5-7-22(14-23)32(21)29-15-18-10-19(16-29)12-20(11-18)17-29;31-25-24(26(32)33)28-22-6-1-2-7-23(22)29(25)21-11-19-4-3-5-20(12-21)30(19)27-13-16-8-17(14-27)10-18(9-16)15-27;/h3-4,8-9,18-23H,2,5-7,10-17H2,1H3;1-2,6-7,16-21H,3-5,8-15H2,(H,32,33);1H/t18?,19?,20?,21-,22+,23?,29?;16?,17?,18?,19-,20+,21?,27?;. The van der Waals surface area contributed by atoms with Gasteiger partial charge in [-0.25, -0.2) is 19.6 Å². The first-order valence-electron chi connectivity index (χ1n) is 27.0. The number of aromatic nitrogens is 4. The van der Waals surface area contributed by atoms with Gasteiger partial charge in [-0.05, 0) is 195 Å². The fraction of sp³-hybridized carbons (Fsp3) is 0.679. The number of nitrogens with zero attached hydrogens (tertiary/aromatic N) is 6. The van der Waals surface area contributed by atoms with Crippen molar-refractivity contribution in [2.24, 2.45) is 35.5 Å². The van der Waals surface area contributed by atoms with Gasteiger partial charge in [-0.2, -0.15) is 0 Å². The molecule has 368 valence electrons. The molecule has 12 fully saturated rings. The van der Waals surface area contributed by atoms with Gasteiger partial charge < -0.3 is 19.0 Å². The van der Waals surface area contributed by atoms with Gasteiger partial charge in [-0.1, -0.05) is 37.1 Å². The van der Waals surface area contributed by atoms with E-state index >= 15 is 0 Å². The topological polar surface area (TPSA) is 140 Å². The van der Waals surface area contributed by atoms with E-state index in [0.29, 0.717) is 46.3 Å². The molecule has 8 aliphatic carbocycles. The van der Waals surface area contributed by atoms with Gasteiger partial charge in [-0.3, -0.25) is 19.4 Å². The van der Waals surface area contributed by atoms with Crippen LogP contribution >= 0.6 is 12.4 Å². The number of carbonyl (C=O) groups is 2. The van der Waals surface area contributed by atoms with Crippen molar-refractivity contribution < 1.29 is 19.4 Å². The maximum Gasteiger partial charge on any atom is 0.362 e. The lowest BCUT2D eigenvalue weighted by Crippen LogP contribution is -2.68. The Balaban J connectivity index is 0.000000141. The van der Waals surface area contributed by atoms with Crippen LogP contribution < -0.4 is 11.1 Å².